The Bertz CT molecular complexity index is 753. The van der Waals surface area contributed by atoms with Crippen LogP contribution in [0.4, 0.5) is 0 Å². The molecule has 3 rings (SSSR count). The molecule has 0 spiro atoms. The number of hydrogen-bond donors (Lipinski definition) is 2. The summed E-state index contributed by atoms with van der Waals surface area (Å²) >= 11 is 0. The summed E-state index contributed by atoms with van der Waals surface area (Å²) in [7, 11) is 1.75. The number of piperidine rings is 1. The van der Waals surface area contributed by atoms with Crippen LogP contribution in [-0.2, 0) is 16.1 Å². The lowest BCUT2D eigenvalue weighted by Gasteiger charge is -2.33. The van der Waals surface area contributed by atoms with Crippen LogP contribution in [0.3, 0.4) is 0 Å². The van der Waals surface area contributed by atoms with Gasteiger partial charge in [0, 0.05) is 57.2 Å². The van der Waals surface area contributed by atoms with Gasteiger partial charge in [-0.1, -0.05) is 12.1 Å². The third kappa shape index (κ3) is 8.10. The van der Waals surface area contributed by atoms with Crippen molar-refractivity contribution in [3.63, 3.8) is 0 Å². The molecule has 0 saturated carbocycles. The molecule has 2 N–H and O–H groups in total. The Kier molecular flexibility index (Phi) is 11.6. The quantitative estimate of drug-likeness (QED) is 0.291. The van der Waals surface area contributed by atoms with E-state index in [1.54, 1.807) is 7.05 Å². The van der Waals surface area contributed by atoms with Gasteiger partial charge in [-0.05, 0) is 51.2 Å². The molecular formula is C24H39IN4O3. The summed E-state index contributed by atoms with van der Waals surface area (Å²) in [6, 6.07) is 6.63. The van der Waals surface area contributed by atoms with Crippen molar-refractivity contribution < 1.29 is 14.3 Å². The maximum absolute atomic E-state index is 12.5. The van der Waals surface area contributed by atoms with E-state index in [0.717, 1.165) is 50.3 Å². The van der Waals surface area contributed by atoms with Crippen LogP contribution in [0.1, 0.15) is 50.2 Å². The minimum Gasteiger partial charge on any atom is -0.493 e. The normalized spacial score (nSPS) is 21.1. The number of ether oxygens (including phenoxy) is 2. The Morgan fingerprint density at radius 3 is 2.84 bits per heavy atom. The van der Waals surface area contributed by atoms with Crippen LogP contribution in [0.5, 0.6) is 5.75 Å². The van der Waals surface area contributed by atoms with Crippen molar-refractivity contribution >= 4 is 35.8 Å². The maximum atomic E-state index is 12.5. The Morgan fingerprint density at radius 1 is 1.28 bits per heavy atom. The number of amides is 1. The van der Waals surface area contributed by atoms with Gasteiger partial charge in [0.05, 0.1) is 13.2 Å². The molecule has 2 fully saturated rings. The van der Waals surface area contributed by atoms with E-state index in [-0.39, 0.29) is 29.9 Å². The van der Waals surface area contributed by atoms with E-state index in [4.69, 9.17) is 9.47 Å². The van der Waals surface area contributed by atoms with Gasteiger partial charge >= 0.3 is 0 Å². The zero-order chi connectivity index (χ0) is 22.1. The van der Waals surface area contributed by atoms with Gasteiger partial charge in [0.25, 0.3) is 0 Å². The SMILES string of the molecule is CN=C(NCCC(=O)N1CCCCC1C)NCc1ccc(C)cc1OCC1CCOC1.I. The number of nitrogens with zero attached hydrogens (tertiary/aromatic N) is 2. The molecule has 7 nitrogen and oxygen atoms in total. The summed E-state index contributed by atoms with van der Waals surface area (Å²) in [5.74, 6) is 2.29. The molecule has 180 valence electrons. The topological polar surface area (TPSA) is 75.2 Å². The molecule has 2 saturated heterocycles. The molecule has 2 aliphatic rings. The second-order valence-electron chi connectivity index (χ2n) is 8.69. The highest BCUT2D eigenvalue weighted by Crippen LogP contribution is 2.22. The fourth-order valence-electron chi connectivity index (χ4n) is 4.16. The van der Waals surface area contributed by atoms with E-state index in [0.29, 0.717) is 44.0 Å². The number of likely N-dealkylation sites (tertiary alicyclic amines) is 1. The third-order valence-electron chi connectivity index (χ3n) is 6.15. The number of nitrogens with one attached hydrogen (secondary N) is 2. The highest BCUT2D eigenvalue weighted by Gasteiger charge is 2.22. The summed E-state index contributed by atoms with van der Waals surface area (Å²) in [4.78, 5) is 18.8. The molecule has 0 radical (unpaired) electrons. The van der Waals surface area contributed by atoms with Gasteiger partial charge in [-0.3, -0.25) is 9.79 Å². The second kappa shape index (κ2) is 13.9. The standard InChI is InChI=1S/C24H38N4O3.HI/c1-18-7-8-21(22(14-18)31-17-20-10-13-30-16-20)15-27-24(25-3)26-11-9-23(29)28-12-5-4-6-19(28)2;/h7-8,14,19-20H,4-6,9-13,15-17H2,1-3H3,(H2,25,26,27);1H. The van der Waals surface area contributed by atoms with Crippen molar-refractivity contribution in [2.24, 2.45) is 10.9 Å². The summed E-state index contributed by atoms with van der Waals surface area (Å²) in [5, 5.41) is 6.61. The molecular weight excluding hydrogens is 519 g/mol. The predicted molar refractivity (Wildman–Crippen MR) is 139 cm³/mol. The van der Waals surface area contributed by atoms with Crippen LogP contribution in [0.15, 0.2) is 23.2 Å². The Balaban J connectivity index is 0.00000363. The number of aliphatic imine (C=N–C) groups is 1. The van der Waals surface area contributed by atoms with Crippen LogP contribution in [-0.4, -0.2) is 62.8 Å². The van der Waals surface area contributed by atoms with Crippen LogP contribution in [0.2, 0.25) is 0 Å². The van der Waals surface area contributed by atoms with Crippen molar-refractivity contribution in [1.29, 1.82) is 0 Å². The molecule has 0 aromatic heterocycles. The lowest BCUT2D eigenvalue weighted by atomic mass is 10.0. The van der Waals surface area contributed by atoms with Gasteiger partial charge in [0.15, 0.2) is 5.96 Å². The molecule has 1 aromatic rings. The van der Waals surface area contributed by atoms with E-state index < -0.39 is 0 Å². The van der Waals surface area contributed by atoms with E-state index in [1.807, 2.05) is 4.90 Å². The molecule has 8 heteroatoms. The monoisotopic (exact) mass is 558 g/mol. The Hall–Kier alpha value is -1.55. The van der Waals surface area contributed by atoms with E-state index in [9.17, 15) is 4.79 Å². The molecule has 0 aliphatic carbocycles. The van der Waals surface area contributed by atoms with E-state index in [1.165, 1.54) is 12.0 Å². The summed E-state index contributed by atoms with van der Waals surface area (Å²) < 4.78 is 11.6. The van der Waals surface area contributed by atoms with E-state index in [2.05, 4.69) is 47.7 Å². The van der Waals surface area contributed by atoms with Gasteiger partial charge in [-0.15, -0.1) is 24.0 Å². The number of hydrogen-bond acceptors (Lipinski definition) is 4. The first-order valence-corrected chi connectivity index (χ1v) is 11.6. The maximum Gasteiger partial charge on any atom is 0.224 e. The van der Waals surface area contributed by atoms with Crippen molar-refractivity contribution in [2.75, 3.05) is 40.0 Å². The summed E-state index contributed by atoms with van der Waals surface area (Å²) in [6.45, 7) is 8.57. The summed E-state index contributed by atoms with van der Waals surface area (Å²) in [5.41, 5.74) is 2.26. The molecule has 32 heavy (non-hydrogen) atoms. The van der Waals surface area contributed by atoms with Gasteiger partial charge in [-0.25, -0.2) is 0 Å². The van der Waals surface area contributed by atoms with Crippen LogP contribution in [0.25, 0.3) is 0 Å². The highest BCUT2D eigenvalue weighted by atomic mass is 127. The average molecular weight is 559 g/mol. The second-order valence-corrected chi connectivity index (χ2v) is 8.69. The van der Waals surface area contributed by atoms with Gasteiger partial charge < -0.3 is 25.0 Å². The molecule has 2 atom stereocenters. The molecule has 2 unspecified atom stereocenters. The van der Waals surface area contributed by atoms with Crippen LogP contribution < -0.4 is 15.4 Å². The highest BCUT2D eigenvalue weighted by molar-refractivity contribution is 14.0. The summed E-state index contributed by atoms with van der Waals surface area (Å²) in [6.07, 6.45) is 4.98. The lowest BCUT2D eigenvalue weighted by Crippen LogP contribution is -2.44. The zero-order valence-electron chi connectivity index (χ0n) is 19.7. The Morgan fingerprint density at radius 2 is 2.12 bits per heavy atom. The first-order chi connectivity index (χ1) is 15.1. The van der Waals surface area contributed by atoms with Crippen molar-refractivity contribution in [1.82, 2.24) is 15.5 Å². The third-order valence-corrected chi connectivity index (χ3v) is 6.15. The van der Waals surface area contributed by atoms with Gasteiger partial charge in [0.2, 0.25) is 5.91 Å². The minimum atomic E-state index is 0. The van der Waals surface area contributed by atoms with Crippen molar-refractivity contribution in [3.8, 4) is 5.75 Å². The number of aryl methyl sites for hydroxylation is 1. The number of halogens is 1. The largest absolute Gasteiger partial charge is 0.493 e. The molecule has 1 amide bonds. The molecule has 2 heterocycles. The van der Waals surface area contributed by atoms with Gasteiger partial charge in [0.1, 0.15) is 5.75 Å². The smallest absolute Gasteiger partial charge is 0.224 e. The number of carbonyl (C=O) groups excluding carboxylic acids is 1. The fraction of sp³-hybridized carbons (Fsp3) is 0.667. The van der Waals surface area contributed by atoms with Crippen molar-refractivity contribution in [3.05, 3.63) is 29.3 Å². The number of carbonyl (C=O) groups is 1. The zero-order valence-corrected chi connectivity index (χ0v) is 22.0. The van der Waals surface area contributed by atoms with Gasteiger partial charge in [-0.2, -0.15) is 0 Å². The first-order valence-electron chi connectivity index (χ1n) is 11.6. The molecule has 0 bridgehead atoms. The molecule has 2 aliphatic heterocycles. The average Bonchev–Trinajstić information content (AvgIpc) is 3.29. The number of rotatable bonds is 8. The number of benzene rings is 1. The van der Waals surface area contributed by atoms with Crippen LogP contribution in [0, 0.1) is 12.8 Å². The van der Waals surface area contributed by atoms with E-state index >= 15 is 0 Å². The Labute approximate surface area is 209 Å². The number of guanidine groups is 1. The predicted octanol–water partition coefficient (Wildman–Crippen LogP) is 3.48. The van der Waals surface area contributed by atoms with Crippen molar-refractivity contribution in [2.45, 2.75) is 58.5 Å². The lowest BCUT2D eigenvalue weighted by molar-refractivity contribution is -0.134. The van der Waals surface area contributed by atoms with Crippen LogP contribution >= 0.6 is 24.0 Å². The first kappa shape index (κ1) is 26.7. The molecule has 1 aromatic carbocycles. The minimum absolute atomic E-state index is 0. The fourth-order valence-corrected chi connectivity index (χ4v) is 4.16.